The normalized spacial score (nSPS) is 12.0. The standard InChI is InChI=1S/C15H15NO2S/c17-16(18)11-15(14-9-5-2-6-10-14)19-12-13-7-3-1-4-8-13/h1-10,15H,11-12H2/t15-/m1/s1. The van der Waals surface area contributed by atoms with Crippen LogP contribution in [0.15, 0.2) is 60.7 Å². The third-order valence-electron chi connectivity index (χ3n) is 2.78. The highest BCUT2D eigenvalue weighted by Crippen LogP contribution is 2.31. The first kappa shape index (κ1) is 13.6. The fraction of sp³-hybridized carbons (Fsp3) is 0.200. The number of hydrogen-bond acceptors (Lipinski definition) is 3. The Morgan fingerprint density at radius 2 is 1.58 bits per heavy atom. The first-order valence-electron chi connectivity index (χ1n) is 6.08. The molecule has 0 aliphatic carbocycles. The Labute approximate surface area is 116 Å². The molecule has 3 nitrogen and oxygen atoms in total. The van der Waals surface area contributed by atoms with Gasteiger partial charge in [-0.3, -0.25) is 10.1 Å². The van der Waals surface area contributed by atoms with Gasteiger partial charge in [0.15, 0.2) is 0 Å². The Kier molecular flexibility index (Phi) is 4.98. The van der Waals surface area contributed by atoms with Crippen LogP contribution in [0.3, 0.4) is 0 Å². The molecule has 0 fully saturated rings. The van der Waals surface area contributed by atoms with Gasteiger partial charge in [-0.1, -0.05) is 60.7 Å². The van der Waals surface area contributed by atoms with Gasteiger partial charge in [-0.25, -0.2) is 0 Å². The maximum absolute atomic E-state index is 10.8. The predicted octanol–water partition coefficient (Wildman–Crippen LogP) is 3.94. The molecule has 2 aromatic rings. The number of hydrogen-bond donors (Lipinski definition) is 0. The number of rotatable bonds is 6. The average Bonchev–Trinajstić information content (AvgIpc) is 2.45. The molecule has 1 atom stereocenters. The molecule has 0 amide bonds. The molecule has 0 saturated heterocycles. The van der Waals surface area contributed by atoms with Gasteiger partial charge in [0.2, 0.25) is 6.54 Å². The Morgan fingerprint density at radius 3 is 2.16 bits per heavy atom. The van der Waals surface area contributed by atoms with Crippen LogP contribution in [0.5, 0.6) is 0 Å². The largest absolute Gasteiger partial charge is 0.264 e. The van der Waals surface area contributed by atoms with E-state index in [0.29, 0.717) is 0 Å². The van der Waals surface area contributed by atoms with Crippen molar-refractivity contribution in [1.29, 1.82) is 0 Å². The summed E-state index contributed by atoms with van der Waals surface area (Å²) < 4.78 is 0. The Morgan fingerprint density at radius 1 is 1.00 bits per heavy atom. The zero-order valence-corrected chi connectivity index (χ0v) is 11.3. The van der Waals surface area contributed by atoms with Crippen molar-refractivity contribution in [3.8, 4) is 0 Å². The van der Waals surface area contributed by atoms with E-state index in [1.165, 1.54) is 5.56 Å². The van der Waals surface area contributed by atoms with Gasteiger partial charge in [0.25, 0.3) is 0 Å². The maximum Gasteiger partial charge on any atom is 0.219 e. The SMILES string of the molecule is O=[N+]([O-])C[C@@H](SCc1ccccc1)c1ccccc1. The van der Waals surface area contributed by atoms with Crippen molar-refractivity contribution in [2.24, 2.45) is 0 Å². The van der Waals surface area contributed by atoms with Gasteiger partial charge in [0.1, 0.15) is 0 Å². The van der Waals surface area contributed by atoms with Crippen LogP contribution in [-0.4, -0.2) is 11.5 Å². The third-order valence-corrected chi connectivity index (χ3v) is 4.10. The molecule has 0 aliphatic rings. The minimum absolute atomic E-state index is 0.0402. The van der Waals surface area contributed by atoms with Gasteiger partial charge in [0, 0.05) is 10.7 Å². The summed E-state index contributed by atoms with van der Waals surface area (Å²) in [5, 5.41) is 10.7. The first-order valence-corrected chi connectivity index (χ1v) is 7.13. The number of nitrogens with zero attached hydrogens (tertiary/aromatic N) is 1. The van der Waals surface area contributed by atoms with E-state index in [2.05, 4.69) is 0 Å². The predicted molar refractivity (Wildman–Crippen MR) is 78.8 cm³/mol. The van der Waals surface area contributed by atoms with E-state index in [4.69, 9.17) is 0 Å². The van der Waals surface area contributed by atoms with Crippen molar-refractivity contribution in [3.05, 3.63) is 81.9 Å². The van der Waals surface area contributed by atoms with Crippen molar-refractivity contribution in [3.63, 3.8) is 0 Å². The Bertz CT molecular complexity index is 516. The molecule has 2 aromatic carbocycles. The summed E-state index contributed by atoms with van der Waals surface area (Å²) in [4.78, 5) is 10.5. The average molecular weight is 273 g/mol. The summed E-state index contributed by atoms with van der Waals surface area (Å²) in [5.41, 5.74) is 2.21. The molecule has 0 bridgehead atoms. The molecule has 0 N–H and O–H groups in total. The third kappa shape index (κ3) is 4.41. The van der Waals surface area contributed by atoms with Gasteiger partial charge in [-0.05, 0) is 11.1 Å². The summed E-state index contributed by atoms with van der Waals surface area (Å²) in [7, 11) is 0. The summed E-state index contributed by atoms with van der Waals surface area (Å²) in [6.45, 7) is -0.0402. The minimum atomic E-state index is -0.240. The van der Waals surface area contributed by atoms with E-state index < -0.39 is 0 Å². The molecule has 98 valence electrons. The van der Waals surface area contributed by atoms with E-state index in [1.807, 2.05) is 60.7 Å². The zero-order valence-electron chi connectivity index (χ0n) is 10.4. The van der Waals surface area contributed by atoms with Crippen LogP contribution >= 0.6 is 11.8 Å². The van der Waals surface area contributed by atoms with Crippen LogP contribution in [0.4, 0.5) is 0 Å². The van der Waals surface area contributed by atoms with Crippen molar-refractivity contribution in [2.75, 3.05) is 6.54 Å². The highest BCUT2D eigenvalue weighted by molar-refractivity contribution is 7.98. The van der Waals surface area contributed by atoms with E-state index in [0.717, 1.165) is 11.3 Å². The quantitative estimate of drug-likeness (QED) is 0.591. The fourth-order valence-corrected chi connectivity index (χ4v) is 2.99. The van der Waals surface area contributed by atoms with Gasteiger partial charge in [0.05, 0.1) is 5.25 Å². The van der Waals surface area contributed by atoms with E-state index >= 15 is 0 Å². The molecule has 0 saturated carbocycles. The zero-order chi connectivity index (χ0) is 13.5. The van der Waals surface area contributed by atoms with Gasteiger partial charge in [-0.2, -0.15) is 0 Å². The molecule has 2 rings (SSSR count). The van der Waals surface area contributed by atoms with E-state index in [1.54, 1.807) is 11.8 Å². The van der Waals surface area contributed by atoms with Crippen LogP contribution in [0.2, 0.25) is 0 Å². The van der Waals surface area contributed by atoms with Crippen LogP contribution in [0.25, 0.3) is 0 Å². The molecule has 0 aliphatic heterocycles. The monoisotopic (exact) mass is 273 g/mol. The molecule has 0 spiro atoms. The van der Waals surface area contributed by atoms with Crippen molar-refractivity contribution in [2.45, 2.75) is 11.0 Å². The summed E-state index contributed by atoms with van der Waals surface area (Å²) in [6.07, 6.45) is 0. The second-order valence-electron chi connectivity index (χ2n) is 4.21. The number of benzene rings is 2. The molecule has 0 aromatic heterocycles. The summed E-state index contributed by atoms with van der Waals surface area (Å²) >= 11 is 1.61. The lowest BCUT2D eigenvalue weighted by atomic mass is 10.1. The van der Waals surface area contributed by atoms with Gasteiger partial charge in [-0.15, -0.1) is 11.8 Å². The topological polar surface area (TPSA) is 43.1 Å². The van der Waals surface area contributed by atoms with Crippen molar-refractivity contribution in [1.82, 2.24) is 0 Å². The number of nitro groups is 1. The fourth-order valence-electron chi connectivity index (χ4n) is 1.83. The second-order valence-corrected chi connectivity index (χ2v) is 5.40. The highest BCUT2D eigenvalue weighted by atomic mass is 32.2. The van der Waals surface area contributed by atoms with Gasteiger partial charge >= 0.3 is 0 Å². The Balaban J connectivity index is 2.04. The van der Waals surface area contributed by atoms with Crippen LogP contribution in [0, 0.1) is 10.1 Å². The molecule has 0 unspecified atom stereocenters. The smallest absolute Gasteiger partial charge is 0.219 e. The van der Waals surface area contributed by atoms with Crippen LogP contribution < -0.4 is 0 Å². The maximum atomic E-state index is 10.8. The number of thioether (sulfide) groups is 1. The van der Waals surface area contributed by atoms with Gasteiger partial charge < -0.3 is 0 Å². The molecular formula is C15H15NO2S. The highest BCUT2D eigenvalue weighted by Gasteiger charge is 2.17. The summed E-state index contributed by atoms with van der Waals surface area (Å²) in [6, 6.07) is 19.7. The van der Waals surface area contributed by atoms with Crippen LogP contribution in [0.1, 0.15) is 16.4 Å². The molecular weight excluding hydrogens is 258 g/mol. The lowest BCUT2D eigenvalue weighted by Gasteiger charge is -2.13. The molecule has 0 radical (unpaired) electrons. The van der Waals surface area contributed by atoms with E-state index in [9.17, 15) is 10.1 Å². The molecule has 0 heterocycles. The molecule has 19 heavy (non-hydrogen) atoms. The molecule has 4 heteroatoms. The second kappa shape index (κ2) is 6.95. The minimum Gasteiger partial charge on any atom is -0.264 e. The first-order chi connectivity index (χ1) is 9.25. The summed E-state index contributed by atoms with van der Waals surface area (Å²) in [5.74, 6) is 0.786. The lowest BCUT2D eigenvalue weighted by molar-refractivity contribution is -0.479. The lowest BCUT2D eigenvalue weighted by Crippen LogP contribution is -2.10. The van der Waals surface area contributed by atoms with E-state index in [-0.39, 0.29) is 16.7 Å². The van der Waals surface area contributed by atoms with Crippen LogP contribution in [-0.2, 0) is 5.75 Å². The van der Waals surface area contributed by atoms with Crippen molar-refractivity contribution < 1.29 is 4.92 Å². The Hall–Kier alpha value is -1.81. The van der Waals surface area contributed by atoms with Crippen molar-refractivity contribution >= 4 is 11.8 Å².